The van der Waals surface area contributed by atoms with E-state index in [1.54, 1.807) is 36.0 Å². The van der Waals surface area contributed by atoms with Crippen molar-refractivity contribution < 1.29 is 9.59 Å². The molecule has 0 aromatic heterocycles. The van der Waals surface area contributed by atoms with Gasteiger partial charge in [0.15, 0.2) is 0 Å². The zero-order chi connectivity index (χ0) is 18.4. The van der Waals surface area contributed by atoms with Gasteiger partial charge in [-0.25, -0.2) is 4.79 Å². The van der Waals surface area contributed by atoms with Crippen molar-refractivity contribution in [1.29, 1.82) is 0 Å². The van der Waals surface area contributed by atoms with Crippen LogP contribution in [0.5, 0.6) is 0 Å². The average Bonchev–Trinajstić information content (AvgIpc) is 3.42. The largest absolute Gasteiger partial charge is 0.335 e. The number of thioether (sulfide) groups is 1. The smallest absolute Gasteiger partial charge is 0.319 e. The SMILES string of the molecule is O=C(CCSc1ccccc1Cl)Nc1ccc(NC(=O)NC2CC2)cc1. The molecule has 26 heavy (non-hydrogen) atoms. The van der Waals surface area contributed by atoms with Crippen molar-refractivity contribution in [2.75, 3.05) is 16.4 Å². The highest BCUT2D eigenvalue weighted by molar-refractivity contribution is 7.99. The summed E-state index contributed by atoms with van der Waals surface area (Å²) in [4.78, 5) is 24.7. The summed E-state index contributed by atoms with van der Waals surface area (Å²) in [7, 11) is 0. The van der Waals surface area contributed by atoms with E-state index in [9.17, 15) is 9.59 Å². The zero-order valence-corrected chi connectivity index (χ0v) is 15.7. The fraction of sp³-hybridized carbons (Fsp3) is 0.263. The molecule has 3 N–H and O–H groups in total. The second kappa shape index (κ2) is 8.96. The summed E-state index contributed by atoms with van der Waals surface area (Å²) >= 11 is 7.65. The standard InChI is InChI=1S/C19H20ClN3O2S/c20-16-3-1-2-4-17(16)26-12-11-18(24)21-13-5-7-14(8-6-13)22-19(25)23-15-9-10-15/h1-8,15H,9-12H2,(H,21,24)(H2,22,23,25). The second-order valence-corrected chi connectivity index (χ2v) is 7.57. The summed E-state index contributed by atoms with van der Waals surface area (Å²) in [6.45, 7) is 0. The van der Waals surface area contributed by atoms with E-state index in [-0.39, 0.29) is 11.9 Å². The van der Waals surface area contributed by atoms with E-state index >= 15 is 0 Å². The Bertz CT molecular complexity index is 779. The van der Waals surface area contributed by atoms with Crippen molar-refractivity contribution in [1.82, 2.24) is 5.32 Å². The molecule has 2 aromatic carbocycles. The van der Waals surface area contributed by atoms with Gasteiger partial charge in [-0.05, 0) is 49.2 Å². The maximum Gasteiger partial charge on any atom is 0.319 e. The van der Waals surface area contributed by atoms with E-state index in [2.05, 4.69) is 16.0 Å². The molecule has 2 aromatic rings. The van der Waals surface area contributed by atoms with Crippen LogP contribution in [0.4, 0.5) is 16.2 Å². The fourth-order valence-corrected chi connectivity index (χ4v) is 3.44. The Morgan fingerprint density at radius 1 is 1.00 bits per heavy atom. The van der Waals surface area contributed by atoms with Gasteiger partial charge in [-0.1, -0.05) is 23.7 Å². The van der Waals surface area contributed by atoms with Crippen LogP contribution in [-0.2, 0) is 4.79 Å². The highest BCUT2D eigenvalue weighted by Gasteiger charge is 2.23. The molecule has 5 nitrogen and oxygen atoms in total. The van der Waals surface area contributed by atoms with Gasteiger partial charge in [0.2, 0.25) is 5.91 Å². The molecule has 7 heteroatoms. The molecule has 0 heterocycles. The lowest BCUT2D eigenvalue weighted by Gasteiger charge is -2.09. The van der Waals surface area contributed by atoms with E-state index in [1.165, 1.54) is 0 Å². The van der Waals surface area contributed by atoms with Gasteiger partial charge < -0.3 is 16.0 Å². The number of amides is 3. The van der Waals surface area contributed by atoms with Crippen molar-refractivity contribution in [3.63, 3.8) is 0 Å². The molecule has 3 amide bonds. The van der Waals surface area contributed by atoms with Crippen LogP contribution in [0.25, 0.3) is 0 Å². The van der Waals surface area contributed by atoms with Gasteiger partial charge in [-0.15, -0.1) is 11.8 Å². The molecule has 1 fully saturated rings. The first-order valence-electron chi connectivity index (χ1n) is 8.45. The minimum absolute atomic E-state index is 0.0586. The Hall–Kier alpha value is -2.18. The van der Waals surface area contributed by atoms with Crippen molar-refractivity contribution in [2.45, 2.75) is 30.2 Å². The van der Waals surface area contributed by atoms with Crippen molar-refractivity contribution in [2.24, 2.45) is 0 Å². The van der Waals surface area contributed by atoms with Crippen LogP contribution in [0.3, 0.4) is 0 Å². The Morgan fingerprint density at radius 2 is 1.65 bits per heavy atom. The minimum atomic E-state index is -0.194. The second-order valence-electron chi connectivity index (χ2n) is 6.03. The van der Waals surface area contributed by atoms with Gasteiger partial charge >= 0.3 is 6.03 Å². The molecule has 0 bridgehead atoms. The summed E-state index contributed by atoms with van der Waals surface area (Å²) in [5.74, 6) is 0.591. The molecular weight excluding hydrogens is 370 g/mol. The zero-order valence-electron chi connectivity index (χ0n) is 14.1. The van der Waals surface area contributed by atoms with Crippen LogP contribution in [0.15, 0.2) is 53.4 Å². The predicted molar refractivity (Wildman–Crippen MR) is 107 cm³/mol. The lowest BCUT2D eigenvalue weighted by molar-refractivity contribution is -0.115. The Balaban J connectivity index is 1.41. The third-order valence-electron chi connectivity index (χ3n) is 3.76. The summed E-state index contributed by atoms with van der Waals surface area (Å²) in [6, 6.07) is 14.8. The highest BCUT2D eigenvalue weighted by atomic mass is 35.5. The van der Waals surface area contributed by atoms with Crippen LogP contribution in [0.2, 0.25) is 5.02 Å². The van der Waals surface area contributed by atoms with Crippen LogP contribution in [0, 0.1) is 0 Å². The summed E-state index contributed by atoms with van der Waals surface area (Å²) in [5.41, 5.74) is 1.39. The van der Waals surface area contributed by atoms with Gasteiger partial charge in [0.05, 0.1) is 5.02 Å². The molecule has 1 aliphatic rings. The summed E-state index contributed by atoms with van der Waals surface area (Å²) < 4.78 is 0. The van der Waals surface area contributed by atoms with Crippen LogP contribution >= 0.6 is 23.4 Å². The lowest BCUT2D eigenvalue weighted by Crippen LogP contribution is -2.30. The number of carbonyl (C=O) groups excluding carboxylic acids is 2. The molecule has 1 aliphatic carbocycles. The number of rotatable bonds is 7. The Morgan fingerprint density at radius 3 is 2.31 bits per heavy atom. The molecule has 0 aliphatic heterocycles. The van der Waals surface area contributed by atoms with Gasteiger partial charge in [0.1, 0.15) is 0 Å². The van der Waals surface area contributed by atoms with Crippen molar-refractivity contribution in [3.8, 4) is 0 Å². The first-order chi connectivity index (χ1) is 12.6. The topological polar surface area (TPSA) is 70.2 Å². The molecular formula is C19H20ClN3O2S. The number of anilines is 2. The van der Waals surface area contributed by atoms with Crippen molar-refractivity contribution in [3.05, 3.63) is 53.6 Å². The number of hydrogen-bond donors (Lipinski definition) is 3. The van der Waals surface area contributed by atoms with Crippen molar-refractivity contribution >= 4 is 46.7 Å². The molecule has 0 unspecified atom stereocenters. The normalized spacial score (nSPS) is 13.1. The third-order valence-corrected chi connectivity index (χ3v) is 5.28. The van der Waals surface area contributed by atoms with E-state index < -0.39 is 0 Å². The van der Waals surface area contributed by atoms with Gasteiger partial charge in [-0.2, -0.15) is 0 Å². The van der Waals surface area contributed by atoms with E-state index in [4.69, 9.17) is 11.6 Å². The van der Waals surface area contributed by atoms with E-state index in [0.717, 1.165) is 17.7 Å². The number of carbonyl (C=O) groups is 2. The van der Waals surface area contributed by atoms with Crippen LogP contribution in [0.1, 0.15) is 19.3 Å². The first kappa shape index (κ1) is 18.6. The lowest BCUT2D eigenvalue weighted by atomic mass is 10.2. The molecule has 3 rings (SSSR count). The molecule has 0 saturated heterocycles. The van der Waals surface area contributed by atoms with E-state index in [0.29, 0.717) is 34.6 Å². The maximum atomic E-state index is 12.0. The van der Waals surface area contributed by atoms with E-state index in [1.807, 2.05) is 24.3 Å². The van der Waals surface area contributed by atoms with Gasteiger partial charge in [0.25, 0.3) is 0 Å². The first-order valence-corrected chi connectivity index (χ1v) is 9.81. The average molecular weight is 390 g/mol. The molecule has 1 saturated carbocycles. The maximum absolute atomic E-state index is 12.0. The number of urea groups is 1. The number of benzene rings is 2. The quantitative estimate of drug-likeness (QED) is 0.599. The highest BCUT2D eigenvalue weighted by Crippen LogP contribution is 2.27. The molecule has 136 valence electrons. The van der Waals surface area contributed by atoms with Gasteiger partial charge in [-0.3, -0.25) is 4.79 Å². The number of hydrogen-bond acceptors (Lipinski definition) is 3. The van der Waals surface area contributed by atoms with Gasteiger partial charge in [0, 0.05) is 34.5 Å². The third kappa shape index (κ3) is 5.97. The Kier molecular flexibility index (Phi) is 6.41. The number of nitrogens with one attached hydrogen (secondary N) is 3. The molecule has 0 radical (unpaired) electrons. The minimum Gasteiger partial charge on any atom is -0.335 e. The number of halogens is 1. The summed E-state index contributed by atoms with van der Waals surface area (Å²) in [5, 5.41) is 9.18. The predicted octanol–water partition coefficient (Wildman–Crippen LogP) is 4.74. The molecule has 0 spiro atoms. The van der Waals surface area contributed by atoms with Crippen LogP contribution in [-0.4, -0.2) is 23.7 Å². The summed E-state index contributed by atoms with van der Waals surface area (Å²) in [6.07, 6.45) is 2.49. The monoisotopic (exact) mass is 389 g/mol. The Labute approximate surface area is 161 Å². The van der Waals surface area contributed by atoms with Crippen LogP contribution < -0.4 is 16.0 Å². The molecule has 0 atom stereocenters. The fourth-order valence-electron chi connectivity index (χ4n) is 2.26.